The molecule has 130 valence electrons. The van der Waals surface area contributed by atoms with Gasteiger partial charge in [0.2, 0.25) is 0 Å². The lowest BCUT2D eigenvalue weighted by Crippen LogP contribution is -2.38. The Morgan fingerprint density at radius 2 is 1.67 bits per heavy atom. The zero-order chi connectivity index (χ0) is 17.5. The summed E-state index contributed by atoms with van der Waals surface area (Å²) in [5, 5.41) is 0. The Bertz CT molecular complexity index is 669. The minimum atomic E-state index is -1.65. The van der Waals surface area contributed by atoms with Crippen molar-refractivity contribution in [3.8, 4) is 0 Å². The number of aryl methyl sites for hydroxylation is 2. The first-order valence-corrected chi connectivity index (χ1v) is 12.4. The van der Waals surface area contributed by atoms with Gasteiger partial charge in [-0.3, -0.25) is 0 Å². The van der Waals surface area contributed by atoms with Crippen LogP contribution in [0.4, 0.5) is 10.1 Å². The Kier molecular flexibility index (Phi) is 4.74. The van der Waals surface area contributed by atoms with E-state index in [1.54, 1.807) is 6.08 Å². The van der Waals surface area contributed by atoms with Crippen LogP contribution in [-0.4, -0.2) is 8.24 Å². The summed E-state index contributed by atoms with van der Waals surface area (Å²) in [6.07, 6.45) is 5.96. The molecule has 0 bridgehead atoms. The number of halogens is 1. The highest BCUT2D eigenvalue weighted by molar-refractivity contribution is 6.80. The number of anilines is 1. The molecular weight excluding hydrogens is 313 g/mol. The molecule has 0 aromatic heterocycles. The summed E-state index contributed by atoms with van der Waals surface area (Å²) < 4.78 is 14.2. The number of hydrogen-bond acceptors (Lipinski definition) is 1. The van der Waals surface area contributed by atoms with Gasteiger partial charge in [-0.25, -0.2) is 4.39 Å². The van der Waals surface area contributed by atoms with E-state index in [2.05, 4.69) is 63.1 Å². The highest BCUT2D eigenvalue weighted by Crippen LogP contribution is 2.48. The summed E-state index contributed by atoms with van der Waals surface area (Å²) >= 11 is 0. The van der Waals surface area contributed by atoms with Gasteiger partial charge in [0.25, 0.3) is 0 Å². The number of nitrogens with one attached hydrogen (secondary N) is 1. The van der Waals surface area contributed by atoms with E-state index in [1.165, 1.54) is 22.4 Å². The minimum Gasteiger partial charge on any atom is -0.410 e. The molecule has 0 aliphatic heterocycles. The average Bonchev–Trinajstić information content (AvgIpc) is 2.83. The summed E-state index contributed by atoms with van der Waals surface area (Å²) in [6, 6.07) is 7.77. The van der Waals surface area contributed by atoms with Gasteiger partial charge in [-0.1, -0.05) is 37.7 Å². The van der Waals surface area contributed by atoms with Gasteiger partial charge >= 0.3 is 0 Å². The van der Waals surface area contributed by atoms with Crippen molar-refractivity contribution in [1.29, 1.82) is 0 Å². The molecule has 1 nitrogen and oxygen atoms in total. The number of hydrogen-bond donors (Lipinski definition) is 1. The third-order valence-electron chi connectivity index (χ3n) is 5.44. The summed E-state index contributed by atoms with van der Waals surface area (Å²) in [4.78, 5) is 3.83. The van der Waals surface area contributed by atoms with E-state index in [1.807, 2.05) is 0 Å². The van der Waals surface area contributed by atoms with Crippen LogP contribution in [0.3, 0.4) is 0 Å². The topological polar surface area (TPSA) is 12.0 Å². The van der Waals surface area contributed by atoms with Crippen LogP contribution in [0.1, 0.15) is 30.9 Å². The van der Waals surface area contributed by atoms with Crippen molar-refractivity contribution in [3.05, 3.63) is 52.9 Å². The SMILES string of the molecule is Cc1cc(C)cc(N[Si](C)(C)CC2=CC=C(F)C3CC(C)CC23)c1. The zero-order valence-corrected chi connectivity index (χ0v) is 16.6. The van der Waals surface area contributed by atoms with Crippen LogP contribution in [-0.2, 0) is 0 Å². The first-order chi connectivity index (χ1) is 11.2. The van der Waals surface area contributed by atoms with E-state index in [0.717, 1.165) is 18.9 Å². The first-order valence-electron chi connectivity index (χ1n) is 9.16. The molecule has 1 fully saturated rings. The standard InChI is InChI=1S/C21H30FNSi/c1-14-8-15(2)10-18(9-14)23-24(4,5)13-17-6-7-21(22)20-12-16(3)11-19(17)20/h6-10,16,19-20,23H,11-13H2,1-5H3. The number of allylic oxidation sites excluding steroid dienone is 4. The minimum absolute atomic E-state index is 0.106. The summed E-state index contributed by atoms with van der Waals surface area (Å²) in [5.74, 6) is 1.32. The molecule has 0 radical (unpaired) electrons. The molecular formula is C21H30FNSi. The lowest BCUT2D eigenvalue weighted by Gasteiger charge is -2.32. The Hall–Kier alpha value is -1.35. The van der Waals surface area contributed by atoms with E-state index in [4.69, 9.17) is 0 Å². The van der Waals surface area contributed by atoms with Crippen molar-refractivity contribution in [2.45, 2.75) is 52.8 Å². The molecule has 3 rings (SSSR count). The summed E-state index contributed by atoms with van der Waals surface area (Å²) in [5.41, 5.74) is 5.31. The quantitative estimate of drug-likeness (QED) is 0.626. The van der Waals surface area contributed by atoms with Crippen molar-refractivity contribution in [2.75, 3.05) is 4.98 Å². The monoisotopic (exact) mass is 343 g/mol. The van der Waals surface area contributed by atoms with Gasteiger partial charge in [0, 0.05) is 11.6 Å². The predicted octanol–water partition coefficient (Wildman–Crippen LogP) is 6.38. The Morgan fingerprint density at radius 3 is 2.33 bits per heavy atom. The number of fused-ring (bicyclic) bond motifs is 1. The van der Waals surface area contributed by atoms with Crippen molar-refractivity contribution < 1.29 is 4.39 Å². The maximum atomic E-state index is 14.2. The van der Waals surface area contributed by atoms with E-state index in [-0.39, 0.29) is 11.7 Å². The van der Waals surface area contributed by atoms with Gasteiger partial charge in [0.1, 0.15) is 5.83 Å². The Balaban J connectivity index is 1.76. The second-order valence-corrected chi connectivity index (χ2v) is 13.0. The van der Waals surface area contributed by atoms with Gasteiger partial charge < -0.3 is 4.98 Å². The fourth-order valence-electron chi connectivity index (χ4n) is 4.62. The molecule has 0 saturated heterocycles. The summed E-state index contributed by atoms with van der Waals surface area (Å²) in [6.45, 7) is 11.3. The lowest BCUT2D eigenvalue weighted by atomic mass is 9.85. The fraction of sp³-hybridized carbons (Fsp3) is 0.524. The van der Waals surface area contributed by atoms with Gasteiger partial charge in [0.05, 0.1) is 0 Å². The molecule has 3 heteroatoms. The van der Waals surface area contributed by atoms with Gasteiger partial charge in [-0.15, -0.1) is 0 Å². The average molecular weight is 344 g/mol. The molecule has 1 aromatic rings. The second kappa shape index (κ2) is 6.51. The highest BCUT2D eigenvalue weighted by atomic mass is 28.3. The molecule has 0 heterocycles. The van der Waals surface area contributed by atoms with Crippen molar-refractivity contribution >= 4 is 13.9 Å². The predicted molar refractivity (Wildman–Crippen MR) is 104 cm³/mol. The third kappa shape index (κ3) is 3.82. The molecule has 0 spiro atoms. The van der Waals surface area contributed by atoms with Gasteiger partial charge in [-0.2, -0.15) is 0 Å². The first kappa shape index (κ1) is 17.5. The largest absolute Gasteiger partial charge is 0.410 e. The van der Waals surface area contributed by atoms with Crippen molar-refractivity contribution in [3.63, 3.8) is 0 Å². The van der Waals surface area contributed by atoms with Crippen LogP contribution in [0.15, 0.2) is 41.8 Å². The molecule has 24 heavy (non-hydrogen) atoms. The van der Waals surface area contributed by atoms with Crippen molar-refractivity contribution in [1.82, 2.24) is 0 Å². The van der Waals surface area contributed by atoms with Crippen LogP contribution in [0.25, 0.3) is 0 Å². The van der Waals surface area contributed by atoms with E-state index < -0.39 is 8.24 Å². The Labute approximate surface area is 147 Å². The van der Waals surface area contributed by atoms with Crippen LogP contribution in [0.2, 0.25) is 19.1 Å². The second-order valence-electron chi connectivity index (χ2n) is 8.64. The zero-order valence-electron chi connectivity index (χ0n) is 15.6. The van der Waals surface area contributed by atoms with Crippen LogP contribution in [0, 0.1) is 31.6 Å². The molecule has 0 amide bonds. The van der Waals surface area contributed by atoms with Gasteiger partial charge in [-0.05, 0) is 73.9 Å². The molecule has 3 atom stereocenters. The van der Waals surface area contributed by atoms with E-state index in [9.17, 15) is 4.39 Å². The summed E-state index contributed by atoms with van der Waals surface area (Å²) in [7, 11) is -1.65. The van der Waals surface area contributed by atoms with Crippen LogP contribution < -0.4 is 4.98 Å². The molecule has 2 aliphatic rings. The van der Waals surface area contributed by atoms with Gasteiger partial charge in [0.15, 0.2) is 8.24 Å². The normalized spacial score (nSPS) is 26.7. The molecule has 1 N–H and O–H groups in total. The smallest absolute Gasteiger partial charge is 0.151 e. The molecule has 1 aromatic carbocycles. The maximum absolute atomic E-state index is 14.2. The lowest BCUT2D eigenvalue weighted by molar-refractivity contribution is 0.399. The van der Waals surface area contributed by atoms with Crippen LogP contribution >= 0.6 is 0 Å². The highest BCUT2D eigenvalue weighted by Gasteiger charge is 2.40. The van der Waals surface area contributed by atoms with E-state index in [0.29, 0.717) is 11.8 Å². The van der Waals surface area contributed by atoms with E-state index >= 15 is 0 Å². The Morgan fingerprint density at radius 1 is 1.04 bits per heavy atom. The number of benzene rings is 1. The third-order valence-corrected chi connectivity index (χ3v) is 7.69. The van der Waals surface area contributed by atoms with Crippen molar-refractivity contribution in [2.24, 2.45) is 17.8 Å². The number of rotatable bonds is 4. The molecule has 3 unspecified atom stereocenters. The molecule has 1 saturated carbocycles. The fourth-order valence-corrected chi connectivity index (χ4v) is 7.04. The molecule has 2 aliphatic carbocycles. The maximum Gasteiger partial charge on any atom is 0.151 e. The van der Waals surface area contributed by atoms with Crippen LogP contribution in [0.5, 0.6) is 0 Å².